The number of nitrogens with zero attached hydrogens (tertiary/aromatic N) is 3. The van der Waals surface area contributed by atoms with E-state index in [2.05, 4.69) is 34.4 Å². The lowest BCUT2D eigenvalue weighted by molar-refractivity contribution is 0.0819. The number of carbonyl (C=O) groups excluding carboxylic acids is 1. The van der Waals surface area contributed by atoms with E-state index >= 15 is 0 Å². The number of hydrogen-bond acceptors (Lipinski definition) is 8. The number of nitrogens with one attached hydrogen (secondary N) is 2. The number of aromatic hydroxyl groups is 1. The van der Waals surface area contributed by atoms with E-state index in [-0.39, 0.29) is 34.2 Å². The van der Waals surface area contributed by atoms with Gasteiger partial charge in [0, 0.05) is 32.7 Å². The Morgan fingerprint density at radius 1 is 1.16 bits per heavy atom. The summed E-state index contributed by atoms with van der Waals surface area (Å²) in [7, 11) is 3.09. The molecule has 9 nitrogen and oxygen atoms in total. The summed E-state index contributed by atoms with van der Waals surface area (Å²) in [6.45, 7) is 4.21. The number of aromatic nitrogens is 2. The number of fused-ring (bicyclic) bond motifs is 1. The van der Waals surface area contributed by atoms with Crippen molar-refractivity contribution in [3.05, 3.63) is 68.0 Å². The van der Waals surface area contributed by atoms with Gasteiger partial charge < -0.3 is 20.6 Å². The Bertz CT molecular complexity index is 1270. The summed E-state index contributed by atoms with van der Waals surface area (Å²) < 4.78 is 0. The van der Waals surface area contributed by atoms with Gasteiger partial charge in [0.15, 0.2) is 11.4 Å². The molecule has 0 fully saturated rings. The first-order chi connectivity index (χ1) is 15.1. The van der Waals surface area contributed by atoms with Gasteiger partial charge in [0.05, 0.1) is 11.7 Å². The van der Waals surface area contributed by atoms with Crippen molar-refractivity contribution in [1.82, 2.24) is 14.9 Å². The predicted molar refractivity (Wildman–Crippen MR) is 121 cm³/mol. The molecule has 0 saturated heterocycles. The van der Waals surface area contributed by atoms with Crippen LogP contribution in [0, 0.1) is 5.41 Å². The second-order valence-electron chi connectivity index (χ2n) is 8.93. The van der Waals surface area contributed by atoms with Crippen molar-refractivity contribution >= 4 is 23.0 Å². The molecule has 1 aliphatic rings. The van der Waals surface area contributed by atoms with Crippen LogP contribution in [0.2, 0.25) is 0 Å². The van der Waals surface area contributed by atoms with Crippen molar-refractivity contribution in [2.75, 3.05) is 24.7 Å². The van der Waals surface area contributed by atoms with Gasteiger partial charge in [-0.3, -0.25) is 19.4 Å². The summed E-state index contributed by atoms with van der Waals surface area (Å²) in [4.78, 5) is 46.5. The van der Waals surface area contributed by atoms with Gasteiger partial charge in [-0.1, -0.05) is 13.8 Å². The van der Waals surface area contributed by atoms with Crippen molar-refractivity contribution in [2.45, 2.75) is 32.7 Å². The monoisotopic (exact) mass is 435 g/mol. The van der Waals surface area contributed by atoms with E-state index in [9.17, 15) is 19.5 Å². The molecule has 0 saturated carbocycles. The van der Waals surface area contributed by atoms with Crippen LogP contribution in [0.1, 0.15) is 47.9 Å². The van der Waals surface area contributed by atoms with Crippen molar-refractivity contribution in [1.29, 1.82) is 0 Å². The molecule has 1 aliphatic carbocycles. The van der Waals surface area contributed by atoms with Gasteiger partial charge in [-0.2, -0.15) is 0 Å². The third kappa shape index (κ3) is 3.49. The first kappa shape index (κ1) is 21.5. The molecule has 2 heterocycles. The van der Waals surface area contributed by atoms with Crippen LogP contribution in [0.4, 0.5) is 17.1 Å². The van der Waals surface area contributed by atoms with Gasteiger partial charge in [0.25, 0.3) is 16.8 Å². The highest BCUT2D eigenvalue weighted by atomic mass is 16.3. The molecular formula is C23H25N5O4. The fourth-order valence-corrected chi connectivity index (χ4v) is 4.07. The third-order valence-electron chi connectivity index (χ3n) is 6.07. The Kier molecular flexibility index (Phi) is 5.20. The maximum Gasteiger partial charge on any atom is 0.275 e. The van der Waals surface area contributed by atoms with Crippen molar-refractivity contribution in [3.8, 4) is 5.75 Å². The van der Waals surface area contributed by atoms with Gasteiger partial charge in [-0.05, 0) is 41.5 Å². The van der Waals surface area contributed by atoms with E-state index in [1.54, 1.807) is 26.5 Å². The zero-order valence-electron chi connectivity index (χ0n) is 18.4. The highest BCUT2D eigenvalue weighted by molar-refractivity contribution is 5.97. The smallest absolute Gasteiger partial charge is 0.275 e. The van der Waals surface area contributed by atoms with Crippen molar-refractivity contribution < 1.29 is 9.90 Å². The van der Waals surface area contributed by atoms with E-state index in [0.29, 0.717) is 0 Å². The number of anilines is 3. The van der Waals surface area contributed by atoms with Crippen LogP contribution in [0.15, 0.2) is 40.3 Å². The highest BCUT2D eigenvalue weighted by Crippen LogP contribution is 2.45. The van der Waals surface area contributed by atoms with Crippen LogP contribution in [0.5, 0.6) is 5.75 Å². The average Bonchev–Trinajstić information content (AvgIpc) is 2.77. The Balaban J connectivity index is 1.68. The lowest BCUT2D eigenvalue weighted by atomic mass is 9.70. The number of rotatable bonds is 5. The van der Waals surface area contributed by atoms with E-state index in [0.717, 1.165) is 24.0 Å². The highest BCUT2D eigenvalue weighted by Gasteiger charge is 2.38. The summed E-state index contributed by atoms with van der Waals surface area (Å²) in [5.41, 5.74) is 0.815. The van der Waals surface area contributed by atoms with E-state index in [4.69, 9.17) is 0 Å². The van der Waals surface area contributed by atoms with E-state index < -0.39 is 22.5 Å². The molecule has 1 amide bonds. The SMILES string of the molecule is CN(C)C(=O)c1nccc(Nc2c(NC3c4cnccc4CCC3(C)C)c(=O)c2=O)c1O. The first-order valence-corrected chi connectivity index (χ1v) is 10.3. The Hall–Kier alpha value is -3.75. The van der Waals surface area contributed by atoms with Crippen LogP contribution in [-0.4, -0.2) is 40.0 Å². The standard InChI is InChI=1S/C23H25N5O4/c1-23(2)8-5-12-6-9-24-11-13(12)21(23)27-16-15(19(30)20(16)31)26-14-7-10-25-17(18(14)29)22(32)28(3)4/h6-7,9-11,21,27,29H,5,8H2,1-4H3,(H,25,26). The number of aryl methyl sites for hydroxylation is 1. The molecule has 166 valence electrons. The van der Waals surface area contributed by atoms with Gasteiger partial charge >= 0.3 is 0 Å². The Morgan fingerprint density at radius 2 is 1.88 bits per heavy atom. The summed E-state index contributed by atoms with van der Waals surface area (Å²) >= 11 is 0. The first-order valence-electron chi connectivity index (χ1n) is 10.3. The molecule has 4 rings (SSSR count). The quantitative estimate of drug-likeness (QED) is 0.522. The zero-order chi connectivity index (χ0) is 23.2. The van der Waals surface area contributed by atoms with Gasteiger partial charge in [-0.15, -0.1) is 0 Å². The summed E-state index contributed by atoms with van der Waals surface area (Å²) in [6, 6.07) is 3.19. The summed E-state index contributed by atoms with van der Waals surface area (Å²) in [6.07, 6.45) is 6.70. The van der Waals surface area contributed by atoms with Crippen molar-refractivity contribution in [2.24, 2.45) is 5.41 Å². The largest absolute Gasteiger partial charge is 0.504 e. The summed E-state index contributed by atoms with van der Waals surface area (Å²) in [5, 5.41) is 16.6. The van der Waals surface area contributed by atoms with Crippen LogP contribution >= 0.6 is 0 Å². The lowest BCUT2D eigenvalue weighted by Crippen LogP contribution is -2.41. The number of hydrogen-bond donors (Lipinski definition) is 3. The molecule has 1 atom stereocenters. The van der Waals surface area contributed by atoms with Gasteiger partial charge in [0.1, 0.15) is 11.4 Å². The van der Waals surface area contributed by atoms with Crippen LogP contribution in [0.3, 0.4) is 0 Å². The Labute approximate surface area is 184 Å². The minimum absolute atomic E-state index is 0.0477. The molecule has 2 aromatic heterocycles. The molecular weight excluding hydrogens is 410 g/mol. The molecule has 0 radical (unpaired) electrons. The van der Waals surface area contributed by atoms with Crippen LogP contribution in [0.25, 0.3) is 0 Å². The fourth-order valence-electron chi connectivity index (χ4n) is 4.07. The topological polar surface area (TPSA) is 125 Å². The molecule has 9 heteroatoms. The number of amides is 1. The second kappa shape index (κ2) is 7.74. The average molecular weight is 435 g/mol. The van der Waals surface area contributed by atoms with Crippen LogP contribution < -0.4 is 21.5 Å². The summed E-state index contributed by atoms with van der Waals surface area (Å²) in [5.74, 6) is -0.875. The van der Waals surface area contributed by atoms with E-state index in [1.807, 2.05) is 6.07 Å². The molecule has 3 N–H and O–H groups in total. The predicted octanol–water partition coefficient (Wildman–Crippen LogP) is 2.35. The van der Waals surface area contributed by atoms with Crippen molar-refractivity contribution in [3.63, 3.8) is 0 Å². The maximum atomic E-state index is 12.4. The lowest BCUT2D eigenvalue weighted by Gasteiger charge is -2.41. The van der Waals surface area contributed by atoms with E-state index in [1.165, 1.54) is 17.2 Å². The fraction of sp³-hybridized carbons (Fsp3) is 0.348. The molecule has 0 aliphatic heterocycles. The minimum atomic E-state index is -0.691. The molecule has 0 spiro atoms. The molecule has 32 heavy (non-hydrogen) atoms. The molecule has 0 bridgehead atoms. The van der Waals surface area contributed by atoms with Gasteiger partial charge in [-0.25, -0.2) is 4.98 Å². The maximum absolute atomic E-state index is 12.4. The number of pyridine rings is 2. The second-order valence-corrected chi connectivity index (χ2v) is 8.93. The zero-order valence-corrected chi connectivity index (χ0v) is 18.4. The molecule has 3 aromatic rings. The molecule has 1 aromatic carbocycles. The minimum Gasteiger partial charge on any atom is -0.504 e. The Morgan fingerprint density at radius 3 is 2.59 bits per heavy atom. The van der Waals surface area contributed by atoms with Crippen LogP contribution in [-0.2, 0) is 6.42 Å². The number of carbonyl (C=O) groups is 1. The third-order valence-corrected chi connectivity index (χ3v) is 6.07. The van der Waals surface area contributed by atoms with Gasteiger partial charge in [0.2, 0.25) is 0 Å². The molecule has 1 unspecified atom stereocenters. The normalized spacial score (nSPS) is 16.9.